The standard InChI is InChI=1S/C12H21F3N2/c1-9-6-10(4-5-16-9)7-17(11-2-3-11)8-12(13,14)15/h9-11,16H,2-8H2,1H3. The molecule has 2 rings (SSSR count). The van der Waals surface area contributed by atoms with Gasteiger partial charge in [0, 0.05) is 18.6 Å². The molecule has 17 heavy (non-hydrogen) atoms. The number of piperidine rings is 1. The average Bonchev–Trinajstić information content (AvgIpc) is 2.97. The Bertz CT molecular complexity index is 251. The van der Waals surface area contributed by atoms with Gasteiger partial charge in [0.25, 0.3) is 0 Å². The van der Waals surface area contributed by atoms with Crippen molar-refractivity contribution in [3.05, 3.63) is 0 Å². The van der Waals surface area contributed by atoms with Crippen LogP contribution in [0.4, 0.5) is 13.2 Å². The number of nitrogens with zero attached hydrogens (tertiary/aromatic N) is 1. The lowest BCUT2D eigenvalue weighted by atomic mass is 9.92. The highest BCUT2D eigenvalue weighted by molar-refractivity contribution is 4.88. The van der Waals surface area contributed by atoms with Crippen LogP contribution in [0.2, 0.25) is 0 Å². The second-order valence-corrected chi connectivity index (χ2v) is 5.52. The van der Waals surface area contributed by atoms with Crippen LogP contribution in [0.1, 0.15) is 32.6 Å². The van der Waals surface area contributed by atoms with Crippen LogP contribution >= 0.6 is 0 Å². The van der Waals surface area contributed by atoms with Crippen molar-refractivity contribution in [3.63, 3.8) is 0 Å². The van der Waals surface area contributed by atoms with Gasteiger partial charge in [-0.1, -0.05) is 0 Å². The minimum absolute atomic E-state index is 0.196. The molecule has 1 aliphatic heterocycles. The Morgan fingerprint density at radius 3 is 2.47 bits per heavy atom. The van der Waals surface area contributed by atoms with Crippen LogP contribution in [-0.4, -0.2) is 42.8 Å². The van der Waals surface area contributed by atoms with E-state index in [9.17, 15) is 13.2 Å². The van der Waals surface area contributed by atoms with Crippen LogP contribution < -0.4 is 5.32 Å². The van der Waals surface area contributed by atoms with E-state index in [1.54, 1.807) is 4.90 Å². The second-order valence-electron chi connectivity index (χ2n) is 5.52. The fourth-order valence-corrected chi connectivity index (χ4v) is 2.75. The molecule has 2 aliphatic rings. The maximum atomic E-state index is 12.5. The Hall–Kier alpha value is -0.290. The van der Waals surface area contributed by atoms with Gasteiger partial charge < -0.3 is 5.32 Å². The third kappa shape index (κ3) is 4.47. The van der Waals surface area contributed by atoms with E-state index in [1.807, 2.05) is 0 Å². The first-order valence-corrected chi connectivity index (χ1v) is 6.48. The maximum absolute atomic E-state index is 12.5. The highest BCUT2D eigenvalue weighted by atomic mass is 19.4. The lowest BCUT2D eigenvalue weighted by Crippen LogP contribution is -2.43. The van der Waals surface area contributed by atoms with Crippen LogP contribution in [0.25, 0.3) is 0 Å². The lowest BCUT2D eigenvalue weighted by molar-refractivity contribution is -0.148. The third-order valence-corrected chi connectivity index (χ3v) is 3.67. The molecule has 1 heterocycles. The van der Waals surface area contributed by atoms with Gasteiger partial charge in [0.05, 0.1) is 6.54 Å². The quantitative estimate of drug-likeness (QED) is 0.824. The van der Waals surface area contributed by atoms with Crippen LogP contribution in [0.15, 0.2) is 0 Å². The summed E-state index contributed by atoms with van der Waals surface area (Å²) in [5.41, 5.74) is 0. The molecule has 100 valence electrons. The SMILES string of the molecule is CC1CC(CN(CC(F)(F)F)C2CC2)CCN1. The first-order valence-electron chi connectivity index (χ1n) is 6.48. The third-order valence-electron chi connectivity index (χ3n) is 3.67. The van der Waals surface area contributed by atoms with Gasteiger partial charge in [-0.25, -0.2) is 0 Å². The van der Waals surface area contributed by atoms with Crippen molar-refractivity contribution >= 4 is 0 Å². The summed E-state index contributed by atoms with van der Waals surface area (Å²) >= 11 is 0. The summed E-state index contributed by atoms with van der Waals surface area (Å²) in [7, 11) is 0. The fourth-order valence-electron chi connectivity index (χ4n) is 2.75. The summed E-state index contributed by atoms with van der Waals surface area (Å²) in [5, 5.41) is 3.34. The van der Waals surface area contributed by atoms with E-state index >= 15 is 0 Å². The molecule has 0 aromatic carbocycles. The predicted octanol–water partition coefficient (Wildman–Crippen LogP) is 2.40. The number of nitrogens with one attached hydrogen (secondary N) is 1. The normalized spacial score (nSPS) is 30.9. The second kappa shape index (κ2) is 5.14. The van der Waals surface area contributed by atoms with E-state index in [2.05, 4.69) is 12.2 Å². The Morgan fingerprint density at radius 1 is 1.24 bits per heavy atom. The van der Waals surface area contributed by atoms with E-state index in [0.29, 0.717) is 18.5 Å². The zero-order chi connectivity index (χ0) is 12.5. The Morgan fingerprint density at radius 2 is 1.94 bits per heavy atom. The zero-order valence-corrected chi connectivity index (χ0v) is 10.3. The van der Waals surface area contributed by atoms with Crippen LogP contribution in [0, 0.1) is 5.92 Å². The molecule has 0 radical (unpaired) electrons. The van der Waals surface area contributed by atoms with Gasteiger partial charge in [-0.3, -0.25) is 4.90 Å². The summed E-state index contributed by atoms with van der Waals surface area (Å²) in [6.45, 7) is 2.94. The van der Waals surface area contributed by atoms with Crippen LogP contribution in [0.5, 0.6) is 0 Å². The van der Waals surface area contributed by atoms with Crippen molar-refractivity contribution in [1.29, 1.82) is 0 Å². The van der Waals surface area contributed by atoms with Crippen molar-refractivity contribution in [2.75, 3.05) is 19.6 Å². The molecule has 0 spiro atoms. The molecule has 2 nitrogen and oxygen atoms in total. The van der Waals surface area contributed by atoms with Gasteiger partial charge in [-0.05, 0) is 45.1 Å². The molecule has 0 aromatic heterocycles. The molecule has 5 heteroatoms. The minimum atomic E-state index is -4.05. The van der Waals surface area contributed by atoms with E-state index in [-0.39, 0.29) is 6.04 Å². The Balaban J connectivity index is 1.84. The highest BCUT2D eigenvalue weighted by Gasteiger charge is 2.39. The van der Waals surface area contributed by atoms with Crippen molar-refractivity contribution in [1.82, 2.24) is 10.2 Å². The topological polar surface area (TPSA) is 15.3 Å². The average molecular weight is 250 g/mol. The largest absolute Gasteiger partial charge is 0.401 e. The van der Waals surface area contributed by atoms with Gasteiger partial charge >= 0.3 is 6.18 Å². The minimum Gasteiger partial charge on any atom is -0.314 e. The summed E-state index contributed by atoms with van der Waals surface area (Å²) in [6, 6.07) is 0.641. The van der Waals surface area contributed by atoms with Crippen molar-refractivity contribution in [2.45, 2.75) is 50.9 Å². The summed E-state index contributed by atoms with van der Waals surface area (Å²) in [4.78, 5) is 1.66. The van der Waals surface area contributed by atoms with E-state index < -0.39 is 12.7 Å². The number of halogens is 3. The first kappa shape index (κ1) is 13.1. The molecule has 1 aliphatic carbocycles. The molecule has 2 fully saturated rings. The van der Waals surface area contributed by atoms with Crippen molar-refractivity contribution in [2.24, 2.45) is 5.92 Å². The number of alkyl halides is 3. The molecular formula is C12H21F3N2. The van der Waals surface area contributed by atoms with Gasteiger partial charge in [0.2, 0.25) is 0 Å². The Kier molecular flexibility index (Phi) is 3.98. The molecule has 1 N–H and O–H groups in total. The molecule has 1 saturated carbocycles. The first-order chi connectivity index (χ1) is 7.94. The van der Waals surface area contributed by atoms with Gasteiger partial charge in [-0.2, -0.15) is 13.2 Å². The van der Waals surface area contributed by atoms with Gasteiger partial charge in [0.15, 0.2) is 0 Å². The summed E-state index contributed by atoms with van der Waals surface area (Å²) in [5.74, 6) is 0.425. The lowest BCUT2D eigenvalue weighted by Gasteiger charge is -2.33. The fraction of sp³-hybridized carbons (Fsp3) is 1.00. The molecule has 0 aromatic rings. The number of hydrogen-bond donors (Lipinski definition) is 1. The maximum Gasteiger partial charge on any atom is 0.401 e. The molecular weight excluding hydrogens is 229 g/mol. The van der Waals surface area contributed by atoms with E-state index in [1.165, 1.54) is 0 Å². The monoisotopic (exact) mass is 250 g/mol. The molecule has 2 unspecified atom stereocenters. The van der Waals surface area contributed by atoms with Crippen LogP contribution in [-0.2, 0) is 0 Å². The van der Waals surface area contributed by atoms with Gasteiger partial charge in [-0.15, -0.1) is 0 Å². The molecule has 2 atom stereocenters. The summed E-state index contributed by atoms with van der Waals surface area (Å²) in [6.07, 6.45) is -0.166. The number of hydrogen-bond acceptors (Lipinski definition) is 2. The van der Waals surface area contributed by atoms with E-state index in [4.69, 9.17) is 0 Å². The van der Waals surface area contributed by atoms with Crippen LogP contribution in [0.3, 0.4) is 0 Å². The summed E-state index contributed by atoms with van der Waals surface area (Å²) < 4.78 is 37.4. The van der Waals surface area contributed by atoms with Gasteiger partial charge in [0.1, 0.15) is 0 Å². The smallest absolute Gasteiger partial charge is 0.314 e. The zero-order valence-electron chi connectivity index (χ0n) is 10.3. The molecule has 1 saturated heterocycles. The highest BCUT2D eigenvalue weighted by Crippen LogP contribution is 2.32. The molecule has 0 amide bonds. The Labute approximate surface area is 101 Å². The van der Waals surface area contributed by atoms with Crippen molar-refractivity contribution < 1.29 is 13.2 Å². The molecule has 0 bridgehead atoms. The number of rotatable bonds is 4. The van der Waals surface area contributed by atoms with E-state index in [0.717, 1.165) is 32.2 Å². The predicted molar refractivity (Wildman–Crippen MR) is 60.8 cm³/mol. The van der Waals surface area contributed by atoms with Crippen molar-refractivity contribution in [3.8, 4) is 0 Å².